The fourth-order valence-corrected chi connectivity index (χ4v) is 4.25. The molecule has 0 aromatic heterocycles. The molecule has 0 saturated carbocycles. The molecule has 0 aromatic rings. The number of amides is 3. The van der Waals surface area contributed by atoms with E-state index in [1.807, 2.05) is 13.8 Å². The Balaban J connectivity index is 2.27. The second-order valence-electron chi connectivity index (χ2n) is 7.05. The lowest BCUT2D eigenvalue weighted by Crippen LogP contribution is -2.48. The van der Waals surface area contributed by atoms with Gasteiger partial charge in [-0.25, -0.2) is 13.2 Å². The van der Waals surface area contributed by atoms with Gasteiger partial charge in [0.15, 0.2) is 0 Å². The first-order valence-electron chi connectivity index (χ1n) is 7.77. The lowest BCUT2D eigenvalue weighted by molar-refractivity contribution is -0.126. The third-order valence-corrected chi connectivity index (χ3v) is 5.60. The zero-order chi connectivity index (χ0) is 17.4. The number of nitrogens with one attached hydrogen (secondary N) is 1. The van der Waals surface area contributed by atoms with E-state index in [9.17, 15) is 18.0 Å². The molecule has 2 saturated heterocycles. The molecule has 3 amide bonds. The summed E-state index contributed by atoms with van der Waals surface area (Å²) in [5, 5.41) is 2.84. The van der Waals surface area contributed by atoms with Crippen molar-refractivity contribution in [2.24, 2.45) is 5.41 Å². The van der Waals surface area contributed by atoms with E-state index in [-0.39, 0.29) is 37.5 Å². The van der Waals surface area contributed by atoms with Crippen molar-refractivity contribution < 1.29 is 18.0 Å². The highest BCUT2D eigenvalue weighted by atomic mass is 32.2. The predicted molar refractivity (Wildman–Crippen MR) is 86.3 cm³/mol. The summed E-state index contributed by atoms with van der Waals surface area (Å²) in [5.74, 6) is -0.00966. The van der Waals surface area contributed by atoms with Crippen LogP contribution in [0.3, 0.4) is 0 Å². The minimum atomic E-state index is -3.37. The van der Waals surface area contributed by atoms with Gasteiger partial charge in [-0.15, -0.1) is 0 Å². The third-order valence-electron chi connectivity index (χ3n) is 4.35. The smallest absolute Gasteiger partial charge is 0.317 e. The number of sulfonamides is 1. The molecule has 0 aromatic carbocycles. The number of carbonyl (C=O) groups is 2. The summed E-state index contributed by atoms with van der Waals surface area (Å²) in [6.45, 7) is 5.45. The number of hydrogen-bond acceptors (Lipinski definition) is 4. The van der Waals surface area contributed by atoms with Crippen molar-refractivity contribution >= 4 is 22.0 Å². The molecular formula is C14H26N4O4S. The van der Waals surface area contributed by atoms with E-state index >= 15 is 0 Å². The van der Waals surface area contributed by atoms with Crippen molar-refractivity contribution in [3.8, 4) is 0 Å². The van der Waals surface area contributed by atoms with Crippen LogP contribution in [0.2, 0.25) is 0 Å². The molecule has 2 rings (SSSR count). The lowest BCUT2D eigenvalue weighted by atomic mass is 9.86. The Morgan fingerprint density at radius 1 is 1.22 bits per heavy atom. The second-order valence-corrected chi connectivity index (χ2v) is 9.03. The van der Waals surface area contributed by atoms with Gasteiger partial charge in [-0.1, -0.05) is 0 Å². The molecule has 9 heteroatoms. The van der Waals surface area contributed by atoms with Crippen LogP contribution in [0.5, 0.6) is 0 Å². The van der Waals surface area contributed by atoms with E-state index in [1.165, 1.54) is 10.6 Å². The van der Waals surface area contributed by atoms with Crippen molar-refractivity contribution in [1.82, 2.24) is 19.4 Å². The SMILES string of the molecule is CC(C)NC(=O)N1CCN(S(C)(=O)=O)CC2(CC(=O)N(C)C2)C1. The topological polar surface area (TPSA) is 90.0 Å². The van der Waals surface area contributed by atoms with Gasteiger partial charge < -0.3 is 15.1 Å². The molecule has 2 heterocycles. The van der Waals surface area contributed by atoms with Crippen molar-refractivity contribution in [2.75, 3.05) is 46.0 Å². The summed E-state index contributed by atoms with van der Waals surface area (Å²) in [6.07, 6.45) is 1.44. The van der Waals surface area contributed by atoms with E-state index in [4.69, 9.17) is 0 Å². The van der Waals surface area contributed by atoms with Gasteiger partial charge in [0.05, 0.1) is 6.26 Å². The van der Waals surface area contributed by atoms with Crippen LogP contribution in [-0.2, 0) is 14.8 Å². The summed E-state index contributed by atoms with van der Waals surface area (Å²) < 4.78 is 25.4. The van der Waals surface area contributed by atoms with Crippen LogP contribution in [0, 0.1) is 5.41 Å². The maximum absolute atomic E-state index is 12.4. The van der Waals surface area contributed by atoms with Crippen LogP contribution in [-0.4, -0.2) is 86.5 Å². The number of urea groups is 1. The highest BCUT2D eigenvalue weighted by molar-refractivity contribution is 7.88. The summed E-state index contributed by atoms with van der Waals surface area (Å²) in [7, 11) is -1.66. The van der Waals surface area contributed by atoms with Gasteiger partial charge in [-0.2, -0.15) is 4.31 Å². The molecule has 0 bridgehead atoms. The van der Waals surface area contributed by atoms with Crippen LogP contribution >= 0.6 is 0 Å². The Morgan fingerprint density at radius 3 is 2.35 bits per heavy atom. The Kier molecular flexibility index (Phi) is 4.91. The molecule has 1 atom stereocenters. The molecule has 8 nitrogen and oxygen atoms in total. The first-order chi connectivity index (χ1) is 10.5. The minimum absolute atomic E-state index is 0.000553. The van der Waals surface area contributed by atoms with Crippen molar-refractivity contribution in [2.45, 2.75) is 26.3 Å². The molecule has 132 valence electrons. The van der Waals surface area contributed by atoms with E-state index in [2.05, 4.69) is 5.32 Å². The Hall–Kier alpha value is -1.35. The fourth-order valence-electron chi connectivity index (χ4n) is 3.33. The molecule has 1 unspecified atom stereocenters. The Labute approximate surface area is 137 Å². The standard InChI is InChI=1S/C14H26N4O4S/c1-11(2)15-13(20)17-5-6-18(23(4,21)22)10-14(9-17)7-12(19)16(3)8-14/h11H,5-10H2,1-4H3,(H,15,20). The van der Waals surface area contributed by atoms with Crippen LogP contribution in [0.4, 0.5) is 4.79 Å². The monoisotopic (exact) mass is 346 g/mol. The van der Waals surface area contributed by atoms with Gasteiger partial charge >= 0.3 is 6.03 Å². The fraction of sp³-hybridized carbons (Fsp3) is 0.857. The number of hydrogen-bond donors (Lipinski definition) is 1. The zero-order valence-electron chi connectivity index (χ0n) is 14.2. The van der Waals surface area contributed by atoms with Gasteiger partial charge in [0.1, 0.15) is 0 Å². The van der Waals surface area contributed by atoms with Crippen LogP contribution < -0.4 is 5.32 Å². The molecule has 0 aliphatic carbocycles. The largest absolute Gasteiger partial charge is 0.345 e. The third kappa shape index (κ3) is 4.14. The predicted octanol–water partition coefficient (Wildman–Crippen LogP) is -0.470. The Morgan fingerprint density at radius 2 is 1.87 bits per heavy atom. The molecule has 1 N–H and O–H groups in total. The molecule has 2 aliphatic rings. The number of rotatable bonds is 2. The summed E-state index contributed by atoms with van der Waals surface area (Å²) in [6, 6.07) is -0.211. The first kappa shape index (κ1) is 18.0. The van der Waals surface area contributed by atoms with Crippen molar-refractivity contribution in [1.29, 1.82) is 0 Å². The highest BCUT2D eigenvalue weighted by Crippen LogP contribution is 2.35. The average Bonchev–Trinajstić information content (AvgIpc) is 2.57. The van der Waals surface area contributed by atoms with E-state index in [0.717, 1.165) is 0 Å². The molecule has 0 radical (unpaired) electrons. The van der Waals surface area contributed by atoms with Gasteiger partial charge in [-0.05, 0) is 13.8 Å². The highest BCUT2D eigenvalue weighted by Gasteiger charge is 2.47. The molecule has 2 fully saturated rings. The molecule has 23 heavy (non-hydrogen) atoms. The van der Waals surface area contributed by atoms with E-state index in [0.29, 0.717) is 19.6 Å². The summed E-state index contributed by atoms with van der Waals surface area (Å²) >= 11 is 0. The molecule has 1 spiro atoms. The van der Waals surface area contributed by atoms with E-state index < -0.39 is 15.4 Å². The molecular weight excluding hydrogens is 320 g/mol. The first-order valence-corrected chi connectivity index (χ1v) is 9.62. The maximum atomic E-state index is 12.4. The quantitative estimate of drug-likeness (QED) is 0.732. The minimum Gasteiger partial charge on any atom is -0.345 e. The van der Waals surface area contributed by atoms with Gasteiger partial charge in [0.25, 0.3) is 0 Å². The lowest BCUT2D eigenvalue weighted by Gasteiger charge is -2.33. The number of likely N-dealkylation sites (tertiary alicyclic amines) is 1. The normalized spacial score (nSPS) is 26.9. The van der Waals surface area contributed by atoms with Gasteiger partial charge in [-0.3, -0.25) is 4.79 Å². The van der Waals surface area contributed by atoms with Crippen LogP contribution in [0.15, 0.2) is 0 Å². The second kappa shape index (κ2) is 6.27. The van der Waals surface area contributed by atoms with Crippen molar-refractivity contribution in [3.63, 3.8) is 0 Å². The van der Waals surface area contributed by atoms with Gasteiger partial charge in [0.2, 0.25) is 15.9 Å². The molecule has 2 aliphatic heterocycles. The maximum Gasteiger partial charge on any atom is 0.317 e. The zero-order valence-corrected chi connectivity index (χ0v) is 15.0. The van der Waals surface area contributed by atoms with Crippen LogP contribution in [0.1, 0.15) is 20.3 Å². The number of nitrogens with zero attached hydrogens (tertiary/aromatic N) is 3. The summed E-state index contributed by atoms with van der Waals surface area (Å²) in [4.78, 5) is 27.6. The van der Waals surface area contributed by atoms with Crippen LogP contribution in [0.25, 0.3) is 0 Å². The Bertz CT molecular complexity index is 592. The van der Waals surface area contributed by atoms with Gasteiger partial charge in [0, 0.05) is 57.6 Å². The average molecular weight is 346 g/mol. The number of carbonyl (C=O) groups excluding carboxylic acids is 2. The van der Waals surface area contributed by atoms with Crippen molar-refractivity contribution in [3.05, 3.63) is 0 Å². The summed E-state index contributed by atoms with van der Waals surface area (Å²) in [5.41, 5.74) is -0.542. The van der Waals surface area contributed by atoms with E-state index in [1.54, 1.807) is 16.8 Å².